The number of carbonyl (C=O) groups is 1. The fourth-order valence-electron chi connectivity index (χ4n) is 2.50. The highest BCUT2D eigenvalue weighted by Gasteiger charge is 2.31. The van der Waals surface area contributed by atoms with E-state index in [0.717, 1.165) is 50.6 Å². The zero-order valence-electron chi connectivity index (χ0n) is 16.3. The van der Waals surface area contributed by atoms with Gasteiger partial charge in [-0.2, -0.15) is 8.42 Å². The summed E-state index contributed by atoms with van der Waals surface area (Å²) in [6, 6.07) is 0. The second-order valence-electron chi connectivity index (χ2n) is 7.88. The van der Waals surface area contributed by atoms with Crippen LogP contribution in [0, 0.1) is 0 Å². The Morgan fingerprint density at radius 1 is 0.923 bits per heavy atom. The molecule has 0 fully saturated rings. The molecule has 9 heteroatoms. The van der Waals surface area contributed by atoms with Gasteiger partial charge in [-0.05, 0) is 53.4 Å². The number of unbranched alkanes of at least 4 members (excludes halogenated alkanes) is 4. The van der Waals surface area contributed by atoms with Gasteiger partial charge in [0.2, 0.25) is 0 Å². The molecular formula is C17H34O7S2. The van der Waals surface area contributed by atoms with Crippen LogP contribution in [0.3, 0.4) is 0 Å². The maximum atomic E-state index is 11.9. The van der Waals surface area contributed by atoms with E-state index in [9.17, 15) is 13.2 Å². The predicted molar refractivity (Wildman–Crippen MR) is 103 cm³/mol. The Kier molecular flexibility index (Phi) is 12.2. The first-order chi connectivity index (χ1) is 11.9. The summed E-state index contributed by atoms with van der Waals surface area (Å²) in [7, 11) is -4.03. The van der Waals surface area contributed by atoms with Gasteiger partial charge in [-0.3, -0.25) is 9.35 Å². The Labute approximate surface area is 162 Å². The summed E-state index contributed by atoms with van der Waals surface area (Å²) in [4.78, 5) is 11.9. The molecule has 0 aliphatic heterocycles. The van der Waals surface area contributed by atoms with Crippen molar-refractivity contribution in [2.75, 3.05) is 0 Å². The molecule has 0 spiro atoms. The Morgan fingerprint density at radius 3 is 1.88 bits per heavy atom. The SMILES string of the molecule is CC(C)(CCCCCC(=O)CCCCCC(C)(C)S(=O)(=O)O)SOOO. The van der Waals surface area contributed by atoms with E-state index in [4.69, 9.17) is 9.81 Å². The molecule has 0 aromatic carbocycles. The summed E-state index contributed by atoms with van der Waals surface area (Å²) in [5, 5.41) is 11.8. The van der Waals surface area contributed by atoms with Gasteiger partial charge in [-0.15, -0.1) is 4.33 Å². The third kappa shape index (κ3) is 12.2. The maximum Gasteiger partial charge on any atom is 0.270 e. The second kappa shape index (κ2) is 12.3. The van der Waals surface area contributed by atoms with Crippen molar-refractivity contribution in [2.45, 2.75) is 101 Å². The molecule has 2 N–H and O–H groups in total. The van der Waals surface area contributed by atoms with Crippen molar-refractivity contribution in [3.63, 3.8) is 0 Å². The Hall–Kier alpha value is -0.190. The minimum Gasteiger partial charge on any atom is -0.300 e. The molecule has 0 heterocycles. The van der Waals surface area contributed by atoms with E-state index in [1.54, 1.807) is 0 Å². The van der Waals surface area contributed by atoms with Gasteiger partial charge in [-0.25, -0.2) is 5.26 Å². The highest BCUT2D eigenvalue weighted by Crippen LogP contribution is 2.31. The second-order valence-corrected chi connectivity index (χ2v) is 11.3. The molecule has 0 rings (SSSR count). The normalized spacial score (nSPS) is 13.2. The zero-order chi connectivity index (χ0) is 20.3. The molecule has 156 valence electrons. The van der Waals surface area contributed by atoms with Gasteiger partial charge >= 0.3 is 0 Å². The van der Waals surface area contributed by atoms with E-state index in [1.165, 1.54) is 13.8 Å². The van der Waals surface area contributed by atoms with E-state index in [-0.39, 0.29) is 10.5 Å². The number of hydrogen-bond donors (Lipinski definition) is 2. The summed E-state index contributed by atoms with van der Waals surface area (Å²) in [6.45, 7) is 7.00. The predicted octanol–water partition coefficient (Wildman–Crippen LogP) is 4.97. The van der Waals surface area contributed by atoms with E-state index in [1.807, 2.05) is 13.8 Å². The first-order valence-corrected chi connectivity index (χ1v) is 11.2. The summed E-state index contributed by atoms with van der Waals surface area (Å²) in [6.07, 6.45) is 7.35. The largest absolute Gasteiger partial charge is 0.300 e. The van der Waals surface area contributed by atoms with E-state index < -0.39 is 14.9 Å². The van der Waals surface area contributed by atoms with Crippen LogP contribution in [0.4, 0.5) is 0 Å². The van der Waals surface area contributed by atoms with E-state index >= 15 is 0 Å². The molecule has 0 aliphatic rings. The molecule has 0 aliphatic carbocycles. The standard InChI is InChI=1S/C17H34O7S2/c1-16(2,25-24-23-19)13-9-5-7-11-15(18)12-8-6-10-14-17(3,4)26(20,21)22/h19H,5-14H2,1-4H3,(H,20,21,22). The van der Waals surface area contributed by atoms with Gasteiger partial charge in [0.1, 0.15) is 5.78 Å². The quantitative estimate of drug-likeness (QED) is 0.120. The average molecular weight is 415 g/mol. The van der Waals surface area contributed by atoms with Crippen molar-refractivity contribution >= 4 is 27.9 Å². The Balaban J connectivity index is 3.70. The minimum absolute atomic E-state index is 0.164. The van der Waals surface area contributed by atoms with Crippen LogP contribution in [0.1, 0.15) is 91.9 Å². The molecule has 0 saturated carbocycles. The van der Waals surface area contributed by atoms with Crippen LogP contribution in [0.25, 0.3) is 0 Å². The van der Waals surface area contributed by atoms with Crippen molar-refractivity contribution in [1.29, 1.82) is 0 Å². The molecule has 0 aromatic heterocycles. The molecule has 0 saturated heterocycles. The molecule has 7 nitrogen and oxygen atoms in total. The van der Waals surface area contributed by atoms with Crippen molar-refractivity contribution in [1.82, 2.24) is 0 Å². The minimum atomic E-state index is -4.03. The third-order valence-electron chi connectivity index (χ3n) is 4.46. The first kappa shape index (κ1) is 25.8. The summed E-state index contributed by atoms with van der Waals surface area (Å²) >= 11 is 1.07. The topological polar surface area (TPSA) is 110 Å². The molecule has 0 aromatic rings. The van der Waals surface area contributed by atoms with Crippen LogP contribution < -0.4 is 0 Å². The smallest absolute Gasteiger partial charge is 0.270 e. The molecule has 0 radical (unpaired) electrons. The summed E-state index contributed by atoms with van der Waals surface area (Å²) in [5.41, 5.74) is 0. The zero-order valence-corrected chi connectivity index (χ0v) is 18.0. The number of ketones is 1. The van der Waals surface area contributed by atoms with Crippen LogP contribution in [-0.2, 0) is 24.3 Å². The van der Waals surface area contributed by atoms with Crippen LogP contribution >= 0.6 is 12.0 Å². The van der Waals surface area contributed by atoms with Crippen LogP contribution in [0.5, 0.6) is 0 Å². The highest BCUT2D eigenvalue weighted by atomic mass is 32.2. The van der Waals surface area contributed by atoms with Gasteiger partial charge in [0.25, 0.3) is 10.1 Å². The number of rotatable bonds is 16. The monoisotopic (exact) mass is 414 g/mol. The first-order valence-electron chi connectivity index (χ1n) is 9.06. The summed E-state index contributed by atoms with van der Waals surface area (Å²) in [5.74, 6) is 0.240. The highest BCUT2D eigenvalue weighted by molar-refractivity contribution is 7.95. The molecule has 0 unspecified atom stereocenters. The lowest BCUT2D eigenvalue weighted by molar-refractivity contribution is -0.432. The van der Waals surface area contributed by atoms with Crippen LogP contribution in [-0.4, -0.2) is 33.5 Å². The molecule has 0 amide bonds. The van der Waals surface area contributed by atoms with Gasteiger partial charge in [-0.1, -0.05) is 30.7 Å². The Morgan fingerprint density at radius 2 is 1.42 bits per heavy atom. The molecule has 26 heavy (non-hydrogen) atoms. The Bertz CT molecular complexity index is 501. The van der Waals surface area contributed by atoms with Gasteiger partial charge in [0, 0.05) is 29.6 Å². The fraction of sp³-hybridized carbons (Fsp3) is 0.941. The van der Waals surface area contributed by atoms with Crippen LogP contribution in [0.2, 0.25) is 0 Å². The number of hydrogen-bond acceptors (Lipinski definition) is 7. The van der Waals surface area contributed by atoms with Gasteiger partial charge in [0.05, 0.1) is 4.75 Å². The van der Waals surface area contributed by atoms with Crippen molar-refractivity contribution < 1.29 is 32.4 Å². The van der Waals surface area contributed by atoms with Gasteiger partial charge < -0.3 is 0 Å². The lowest BCUT2D eigenvalue weighted by Gasteiger charge is -2.20. The molecule has 0 atom stereocenters. The maximum absolute atomic E-state index is 11.9. The average Bonchev–Trinajstić information content (AvgIpc) is 2.51. The van der Waals surface area contributed by atoms with E-state index in [0.29, 0.717) is 25.7 Å². The molecular weight excluding hydrogens is 380 g/mol. The molecule has 0 bridgehead atoms. The fourth-order valence-corrected chi connectivity index (χ4v) is 3.35. The van der Waals surface area contributed by atoms with E-state index in [2.05, 4.69) is 9.37 Å². The van der Waals surface area contributed by atoms with Gasteiger partial charge in [0.15, 0.2) is 0 Å². The van der Waals surface area contributed by atoms with Crippen LogP contribution in [0.15, 0.2) is 0 Å². The van der Waals surface area contributed by atoms with Crippen molar-refractivity contribution in [3.05, 3.63) is 0 Å². The number of carbonyl (C=O) groups excluding carboxylic acids is 1. The van der Waals surface area contributed by atoms with Crippen molar-refractivity contribution in [2.24, 2.45) is 0 Å². The third-order valence-corrected chi connectivity index (χ3v) is 6.84. The van der Waals surface area contributed by atoms with Crippen molar-refractivity contribution in [3.8, 4) is 0 Å². The number of Topliss-reactive ketones (excluding diaryl/α,β-unsaturated/α-hetero) is 1. The lowest BCUT2D eigenvalue weighted by Crippen LogP contribution is -2.31. The summed E-state index contributed by atoms with van der Waals surface area (Å²) < 4.78 is 34.7. The lowest BCUT2D eigenvalue weighted by atomic mass is 10.00.